The van der Waals surface area contributed by atoms with E-state index in [-0.39, 0.29) is 24.5 Å². The Morgan fingerprint density at radius 3 is 2.75 bits per heavy atom. The van der Waals surface area contributed by atoms with Gasteiger partial charge in [-0.05, 0) is 69.6 Å². The minimum atomic E-state index is -1.52. The van der Waals surface area contributed by atoms with Gasteiger partial charge in [0.05, 0.1) is 17.4 Å². The monoisotopic (exact) mass is 545 g/mol. The van der Waals surface area contributed by atoms with Crippen molar-refractivity contribution in [3.8, 4) is 0 Å². The lowest BCUT2D eigenvalue weighted by Gasteiger charge is -2.67. The molecule has 1 unspecified atom stereocenters. The number of H-pyrrole nitrogens is 1. The normalized spacial score (nSPS) is 42.6. The van der Waals surface area contributed by atoms with Gasteiger partial charge in [-0.25, -0.2) is 0 Å². The molecule has 8 heteroatoms. The van der Waals surface area contributed by atoms with Gasteiger partial charge < -0.3 is 35.0 Å². The molecule has 4 aliphatic carbocycles. The summed E-state index contributed by atoms with van der Waals surface area (Å²) in [6.45, 7) is 8.29. The highest BCUT2D eigenvalue weighted by atomic mass is 16.8. The van der Waals surface area contributed by atoms with Crippen molar-refractivity contribution in [3.63, 3.8) is 0 Å². The van der Waals surface area contributed by atoms with Crippen molar-refractivity contribution in [2.75, 3.05) is 6.61 Å². The van der Waals surface area contributed by atoms with E-state index < -0.39 is 40.0 Å². The Morgan fingerprint density at radius 1 is 1.20 bits per heavy atom. The molecule has 8 nitrogen and oxygen atoms in total. The number of nitrogens with one attached hydrogen (secondary N) is 3. The topological polar surface area (TPSA) is 117 Å². The third-order valence-corrected chi connectivity index (χ3v) is 11.6. The summed E-state index contributed by atoms with van der Waals surface area (Å²) in [6.07, 6.45) is 5.38. The SMILES string of the molecule is CC1(C)OC23CC[C@]4(C)[C@@]5(C)c6[nH]c7ccccc7c6C[C@@H]5C[C@H](OCC(=O)NC5CC5)[C@@]4(O)C2=CC(=N)[C@@H]1O3. The van der Waals surface area contributed by atoms with Crippen LogP contribution in [0.3, 0.4) is 0 Å². The van der Waals surface area contributed by atoms with Crippen molar-refractivity contribution in [1.29, 1.82) is 5.41 Å². The summed E-state index contributed by atoms with van der Waals surface area (Å²) in [6, 6.07) is 8.68. The zero-order valence-corrected chi connectivity index (χ0v) is 23.7. The van der Waals surface area contributed by atoms with E-state index in [9.17, 15) is 9.90 Å². The number of hydrogen-bond acceptors (Lipinski definition) is 6. The van der Waals surface area contributed by atoms with Crippen molar-refractivity contribution in [1.82, 2.24) is 10.3 Å². The van der Waals surface area contributed by atoms with E-state index in [0.717, 1.165) is 24.8 Å². The molecule has 8 rings (SSSR count). The van der Waals surface area contributed by atoms with Gasteiger partial charge in [-0.15, -0.1) is 0 Å². The van der Waals surface area contributed by atoms with Gasteiger partial charge >= 0.3 is 0 Å². The lowest BCUT2D eigenvalue weighted by Crippen LogP contribution is -2.75. The number of carbonyl (C=O) groups excluding carboxylic acids is 1. The number of fused-ring (bicyclic) bond motifs is 9. The molecule has 2 aliphatic heterocycles. The third kappa shape index (κ3) is 2.91. The Balaban J connectivity index is 1.28. The van der Waals surface area contributed by atoms with Gasteiger partial charge in [0, 0.05) is 45.5 Å². The van der Waals surface area contributed by atoms with E-state index in [1.807, 2.05) is 19.9 Å². The smallest absolute Gasteiger partial charge is 0.246 e. The van der Waals surface area contributed by atoms with Gasteiger partial charge in [0.25, 0.3) is 0 Å². The number of aromatic nitrogens is 1. The van der Waals surface area contributed by atoms with Crippen LogP contribution in [0.1, 0.15) is 71.1 Å². The van der Waals surface area contributed by atoms with Crippen LogP contribution in [0.4, 0.5) is 0 Å². The van der Waals surface area contributed by atoms with E-state index in [0.29, 0.717) is 30.5 Å². The highest BCUT2D eigenvalue weighted by molar-refractivity contribution is 5.99. The first-order valence-electron chi connectivity index (χ1n) is 14.9. The molecule has 2 aromatic rings. The molecule has 212 valence electrons. The molecule has 40 heavy (non-hydrogen) atoms. The van der Waals surface area contributed by atoms with Crippen LogP contribution in [0.25, 0.3) is 10.9 Å². The van der Waals surface area contributed by atoms with Gasteiger partial charge in [-0.1, -0.05) is 32.0 Å². The molecule has 2 bridgehead atoms. The molecule has 4 fully saturated rings. The Bertz CT molecular complexity index is 1510. The summed E-state index contributed by atoms with van der Waals surface area (Å²) in [4.78, 5) is 16.5. The summed E-state index contributed by atoms with van der Waals surface area (Å²) in [5.41, 5.74) is 1.22. The minimum absolute atomic E-state index is 0.106. The number of amides is 1. The van der Waals surface area contributed by atoms with Crippen molar-refractivity contribution >= 4 is 22.5 Å². The first kappa shape index (κ1) is 25.2. The Morgan fingerprint density at radius 2 is 1.98 bits per heavy atom. The number of ether oxygens (including phenoxy) is 3. The number of benzene rings is 1. The predicted octanol–water partition coefficient (Wildman–Crippen LogP) is 4.05. The Hall–Kier alpha value is -2.52. The largest absolute Gasteiger partial charge is 0.382 e. The number of aliphatic hydroxyl groups is 1. The Labute approximate surface area is 234 Å². The van der Waals surface area contributed by atoms with Crippen LogP contribution in [0.15, 0.2) is 35.9 Å². The van der Waals surface area contributed by atoms with Crippen LogP contribution in [0.2, 0.25) is 0 Å². The van der Waals surface area contributed by atoms with Crippen LogP contribution in [-0.4, -0.2) is 63.6 Å². The molecule has 1 spiro atoms. The summed E-state index contributed by atoms with van der Waals surface area (Å²) in [7, 11) is 0. The highest BCUT2D eigenvalue weighted by Gasteiger charge is 2.77. The van der Waals surface area contributed by atoms with Gasteiger partial charge in [0.2, 0.25) is 5.91 Å². The molecule has 6 aliphatic rings. The predicted molar refractivity (Wildman–Crippen MR) is 149 cm³/mol. The van der Waals surface area contributed by atoms with Gasteiger partial charge in [0.15, 0.2) is 5.79 Å². The van der Waals surface area contributed by atoms with E-state index >= 15 is 0 Å². The maximum atomic E-state index is 13.3. The average Bonchev–Trinajstić information content (AvgIpc) is 3.50. The van der Waals surface area contributed by atoms with Crippen LogP contribution < -0.4 is 5.32 Å². The first-order chi connectivity index (χ1) is 18.9. The minimum Gasteiger partial charge on any atom is -0.382 e. The number of para-hydroxylation sites is 1. The number of hydrogen-bond donors (Lipinski definition) is 4. The molecule has 3 saturated carbocycles. The van der Waals surface area contributed by atoms with Crippen molar-refractivity contribution in [2.24, 2.45) is 11.3 Å². The molecule has 1 amide bonds. The third-order valence-electron chi connectivity index (χ3n) is 11.6. The number of rotatable bonds is 4. The van der Waals surface area contributed by atoms with Crippen molar-refractivity contribution in [3.05, 3.63) is 47.2 Å². The first-order valence-corrected chi connectivity index (χ1v) is 14.9. The lowest BCUT2D eigenvalue weighted by molar-refractivity contribution is -0.278. The second kappa shape index (κ2) is 7.65. The molecule has 1 aromatic carbocycles. The van der Waals surface area contributed by atoms with Crippen LogP contribution in [-0.2, 0) is 30.8 Å². The molecule has 3 heterocycles. The zero-order valence-electron chi connectivity index (χ0n) is 23.7. The zero-order chi connectivity index (χ0) is 27.9. The second-order valence-electron chi connectivity index (χ2n) is 14.1. The average molecular weight is 546 g/mol. The Kier molecular flexibility index (Phi) is 4.82. The lowest BCUT2D eigenvalue weighted by atomic mass is 9.41. The molecule has 0 radical (unpaired) electrons. The molecular formula is C32H39N3O5. The number of aromatic amines is 1. The fourth-order valence-electron chi connectivity index (χ4n) is 9.31. The van der Waals surface area contributed by atoms with E-state index in [1.54, 1.807) is 0 Å². The standard InChI is InChI=1S/C32H39N3O5/c1-28(2)27-21(33)15-23-31(39-27,40-28)12-11-29(3)30(4)17(13-20-19-7-5-6-8-22(19)35-26(20)30)14-24(32(23,29)37)38-16-25(36)34-18-9-10-18/h5-8,15,17-18,24,27,33,35,37H,9-14,16H2,1-4H3,(H,34,36)/t17-,24+,27+,29-,30-,31?,32+/m1/s1. The summed E-state index contributed by atoms with van der Waals surface area (Å²) in [5, 5.41) is 26.5. The molecule has 4 N–H and O–H groups in total. The van der Waals surface area contributed by atoms with Crippen LogP contribution >= 0.6 is 0 Å². The maximum absolute atomic E-state index is 13.3. The van der Waals surface area contributed by atoms with Gasteiger partial charge in [-0.2, -0.15) is 0 Å². The summed E-state index contributed by atoms with van der Waals surface area (Å²) in [5.74, 6) is -1.04. The molecule has 7 atom stereocenters. The van der Waals surface area contributed by atoms with Gasteiger partial charge in [-0.3, -0.25) is 4.79 Å². The fraction of sp³-hybridized carbons (Fsp3) is 0.625. The van der Waals surface area contributed by atoms with Crippen molar-refractivity contribution < 1.29 is 24.1 Å². The van der Waals surface area contributed by atoms with Crippen molar-refractivity contribution in [2.45, 2.75) is 107 Å². The fourth-order valence-corrected chi connectivity index (χ4v) is 9.31. The quantitative estimate of drug-likeness (QED) is 0.463. The summed E-state index contributed by atoms with van der Waals surface area (Å²) < 4.78 is 19.7. The van der Waals surface area contributed by atoms with Crippen LogP contribution in [0, 0.1) is 16.7 Å². The van der Waals surface area contributed by atoms with E-state index in [2.05, 4.69) is 48.4 Å². The molecular weight excluding hydrogens is 506 g/mol. The van der Waals surface area contributed by atoms with E-state index in [1.165, 1.54) is 16.6 Å². The number of carbonyl (C=O) groups is 1. The van der Waals surface area contributed by atoms with Gasteiger partial charge in [0.1, 0.15) is 18.3 Å². The molecule has 1 saturated heterocycles. The van der Waals surface area contributed by atoms with E-state index in [4.69, 9.17) is 19.6 Å². The second-order valence-corrected chi connectivity index (χ2v) is 14.1. The summed E-state index contributed by atoms with van der Waals surface area (Å²) >= 11 is 0. The van der Waals surface area contributed by atoms with Crippen LogP contribution in [0.5, 0.6) is 0 Å². The maximum Gasteiger partial charge on any atom is 0.246 e. The highest BCUT2D eigenvalue weighted by Crippen LogP contribution is 2.72. The molecule has 1 aromatic heterocycles.